The van der Waals surface area contributed by atoms with Gasteiger partial charge in [-0.05, 0) is 62.6 Å². The van der Waals surface area contributed by atoms with Crippen LogP contribution in [0.2, 0.25) is 0 Å². The first-order valence-electron chi connectivity index (χ1n) is 8.57. The van der Waals surface area contributed by atoms with Gasteiger partial charge in [0.25, 0.3) is 11.4 Å². The van der Waals surface area contributed by atoms with Crippen LogP contribution in [0, 0.1) is 58.0 Å². The molecular formula is C19H18N4O7. The van der Waals surface area contributed by atoms with E-state index < -0.39 is 37.6 Å². The Kier molecular flexibility index (Phi) is 6.25. The van der Waals surface area contributed by atoms with E-state index >= 15 is 0 Å². The van der Waals surface area contributed by atoms with E-state index in [1.165, 1.54) is 22.1 Å². The van der Waals surface area contributed by atoms with Crippen LogP contribution in [0.5, 0.6) is 5.75 Å². The highest BCUT2D eigenvalue weighted by atomic mass is 16.6. The van der Waals surface area contributed by atoms with Crippen molar-refractivity contribution in [2.45, 2.75) is 27.7 Å². The minimum Gasteiger partial charge on any atom is -0.497 e. The third kappa shape index (κ3) is 4.63. The Morgan fingerprint density at radius 3 is 1.70 bits per heavy atom. The van der Waals surface area contributed by atoms with Gasteiger partial charge in [0.2, 0.25) is 0 Å². The molecule has 0 aliphatic rings. The molecule has 11 nitrogen and oxygen atoms in total. The van der Waals surface area contributed by atoms with Gasteiger partial charge in [0, 0.05) is 11.1 Å². The first-order chi connectivity index (χ1) is 13.9. The molecule has 0 fully saturated rings. The van der Waals surface area contributed by atoms with Crippen molar-refractivity contribution in [1.29, 1.82) is 0 Å². The van der Waals surface area contributed by atoms with Gasteiger partial charge in [-0.25, -0.2) is 0 Å². The van der Waals surface area contributed by atoms with Gasteiger partial charge in [-0.15, -0.1) is 0 Å². The summed E-state index contributed by atoms with van der Waals surface area (Å²) < 4.78 is 0. The van der Waals surface area contributed by atoms with Crippen molar-refractivity contribution in [2.75, 3.05) is 0 Å². The molecule has 0 saturated carbocycles. The zero-order valence-electron chi connectivity index (χ0n) is 16.6. The van der Waals surface area contributed by atoms with Crippen molar-refractivity contribution in [3.63, 3.8) is 0 Å². The van der Waals surface area contributed by atoms with Crippen LogP contribution < -0.4 is 0 Å². The number of phenolic OH excluding ortho intramolecular Hbond substituents is 1. The lowest BCUT2D eigenvalue weighted by Crippen LogP contribution is -1.97. The minimum absolute atomic E-state index is 0.447. The maximum atomic E-state index is 10.4. The number of aromatic nitrogens is 1. The van der Waals surface area contributed by atoms with Crippen molar-refractivity contribution >= 4 is 28.0 Å². The number of non-ortho nitro benzene ring substituents is 1. The molecule has 0 amide bonds. The monoisotopic (exact) mass is 414 g/mol. The lowest BCUT2D eigenvalue weighted by molar-refractivity contribution is -0.404. The predicted molar refractivity (Wildman–Crippen MR) is 109 cm³/mol. The molecule has 0 saturated heterocycles. The Bertz CT molecular complexity index is 1160. The van der Waals surface area contributed by atoms with Gasteiger partial charge >= 0.3 is 11.4 Å². The van der Waals surface area contributed by atoms with E-state index in [2.05, 4.69) is 44.0 Å². The molecule has 2 aromatic carbocycles. The predicted octanol–water partition coefficient (Wildman–Crippen LogP) is 4.59. The molecular weight excluding hydrogens is 396 g/mol. The number of aryl methyl sites for hydroxylation is 4. The first kappa shape index (κ1) is 22.1. The quantitative estimate of drug-likeness (QED) is 0.480. The second-order valence-electron chi connectivity index (χ2n) is 6.64. The van der Waals surface area contributed by atoms with Gasteiger partial charge < -0.3 is 5.11 Å². The van der Waals surface area contributed by atoms with E-state index in [4.69, 9.17) is 5.11 Å². The number of aromatic hydroxyl groups is 1. The molecule has 3 aromatic rings. The number of benzene rings is 2. The smallest absolute Gasteiger partial charge is 0.324 e. The van der Waals surface area contributed by atoms with Crippen LogP contribution in [0.4, 0.5) is 17.1 Å². The number of rotatable bonds is 3. The highest BCUT2D eigenvalue weighted by Crippen LogP contribution is 2.38. The summed E-state index contributed by atoms with van der Waals surface area (Å²) in [7, 11) is 0. The molecule has 1 aromatic heterocycles. The standard InChI is InChI=1S/C13H15N.C6H3N3O7/c1-8-6-12-10(3)5-11(4)14-13(12)7-9(8)2;10-6-4(8(13)14)1-3(7(11)12)2-5(6)9(15)16/h5-7H,1-4H3;1-2,10H. The number of nitrogens with zero attached hydrogens (tertiary/aromatic N) is 4. The van der Waals surface area contributed by atoms with Crippen molar-refractivity contribution < 1.29 is 19.9 Å². The maximum Gasteiger partial charge on any atom is 0.324 e. The van der Waals surface area contributed by atoms with Crippen molar-refractivity contribution in [2.24, 2.45) is 0 Å². The Labute approximate surface area is 170 Å². The first-order valence-corrected chi connectivity index (χ1v) is 8.57. The zero-order valence-corrected chi connectivity index (χ0v) is 16.6. The Morgan fingerprint density at radius 2 is 1.23 bits per heavy atom. The number of pyridine rings is 1. The Balaban J connectivity index is 0.000000215. The Hall–Kier alpha value is -4.15. The van der Waals surface area contributed by atoms with E-state index in [9.17, 15) is 30.3 Å². The van der Waals surface area contributed by atoms with Crippen molar-refractivity contribution in [3.8, 4) is 5.75 Å². The molecule has 1 N–H and O–H groups in total. The van der Waals surface area contributed by atoms with Gasteiger partial charge in [0.1, 0.15) is 0 Å². The number of phenols is 1. The zero-order chi connectivity index (χ0) is 22.7. The summed E-state index contributed by atoms with van der Waals surface area (Å²) in [6, 6.07) is 7.43. The fraction of sp³-hybridized carbons (Fsp3) is 0.211. The van der Waals surface area contributed by atoms with E-state index in [1.54, 1.807) is 0 Å². The second-order valence-corrected chi connectivity index (χ2v) is 6.64. The molecule has 0 aliphatic heterocycles. The van der Waals surface area contributed by atoms with E-state index in [1.807, 2.05) is 6.92 Å². The van der Waals surface area contributed by atoms with Crippen LogP contribution >= 0.6 is 0 Å². The molecule has 0 bridgehead atoms. The van der Waals surface area contributed by atoms with Gasteiger partial charge in [0.15, 0.2) is 0 Å². The third-order valence-corrected chi connectivity index (χ3v) is 4.42. The summed E-state index contributed by atoms with van der Waals surface area (Å²) in [5, 5.41) is 41.5. The Morgan fingerprint density at radius 1 is 0.733 bits per heavy atom. The summed E-state index contributed by atoms with van der Waals surface area (Å²) in [6.07, 6.45) is 0. The second kappa shape index (κ2) is 8.47. The highest BCUT2D eigenvalue weighted by molar-refractivity contribution is 5.83. The lowest BCUT2D eigenvalue weighted by Gasteiger charge is -2.06. The lowest BCUT2D eigenvalue weighted by atomic mass is 10.0. The number of hydrogen-bond donors (Lipinski definition) is 1. The molecule has 30 heavy (non-hydrogen) atoms. The van der Waals surface area contributed by atoms with Crippen LogP contribution in [0.25, 0.3) is 10.9 Å². The van der Waals surface area contributed by atoms with Crippen LogP contribution in [-0.4, -0.2) is 24.9 Å². The highest BCUT2D eigenvalue weighted by Gasteiger charge is 2.30. The molecule has 0 radical (unpaired) electrons. The molecule has 1 heterocycles. The summed E-state index contributed by atoms with van der Waals surface area (Å²) in [4.78, 5) is 32.3. The largest absolute Gasteiger partial charge is 0.497 e. The van der Waals surface area contributed by atoms with E-state index in [0.717, 1.165) is 11.2 Å². The number of hydrogen-bond acceptors (Lipinski definition) is 8. The molecule has 0 atom stereocenters. The molecule has 11 heteroatoms. The van der Waals surface area contributed by atoms with Gasteiger partial charge in [-0.2, -0.15) is 0 Å². The summed E-state index contributed by atoms with van der Waals surface area (Å²) in [6.45, 7) is 8.47. The third-order valence-electron chi connectivity index (χ3n) is 4.42. The van der Waals surface area contributed by atoms with Crippen LogP contribution in [0.3, 0.4) is 0 Å². The molecule has 0 spiro atoms. The van der Waals surface area contributed by atoms with Gasteiger partial charge in [-0.1, -0.05) is 0 Å². The van der Waals surface area contributed by atoms with Crippen LogP contribution in [0.1, 0.15) is 22.4 Å². The molecule has 0 aliphatic carbocycles. The summed E-state index contributed by atoms with van der Waals surface area (Å²) in [5.41, 5.74) is 3.18. The van der Waals surface area contributed by atoms with Crippen LogP contribution in [-0.2, 0) is 0 Å². The average molecular weight is 414 g/mol. The number of nitro groups is 3. The van der Waals surface area contributed by atoms with E-state index in [0.29, 0.717) is 12.1 Å². The fourth-order valence-corrected chi connectivity index (χ4v) is 2.80. The molecule has 156 valence electrons. The number of nitro benzene ring substituents is 3. The fourth-order valence-electron chi connectivity index (χ4n) is 2.80. The van der Waals surface area contributed by atoms with Crippen molar-refractivity contribution in [3.05, 3.63) is 83.1 Å². The molecule has 3 rings (SSSR count). The average Bonchev–Trinajstić information content (AvgIpc) is 2.63. The number of fused-ring (bicyclic) bond motifs is 1. The van der Waals surface area contributed by atoms with Crippen molar-refractivity contribution in [1.82, 2.24) is 4.98 Å². The van der Waals surface area contributed by atoms with Gasteiger partial charge in [0.05, 0.1) is 32.4 Å². The topological polar surface area (TPSA) is 163 Å². The maximum absolute atomic E-state index is 10.4. The summed E-state index contributed by atoms with van der Waals surface area (Å²) in [5.74, 6) is -1.21. The summed E-state index contributed by atoms with van der Waals surface area (Å²) >= 11 is 0. The normalized spacial score (nSPS) is 10.3. The van der Waals surface area contributed by atoms with E-state index in [-0.39, 0.29) is 0 Å². The molecule has 0 unspecified atom stereocenters. The van der Waals surface area contributed by atoms with Crippen LogP contribution in [0.15, 0.2) is 30.3 Å². The SMILES string of the molecule is Cc1cc(C)c2cc(C)c(C)cc2n1.O=[N+]([O-])c1cc([N+](=O)[O-])c(O)c([N+](=O)[O-])c1. The minimum atomic E-state index is -1.21. The van der Waals surface area contributed by atoms with Gasteiger partial charge in [-0.3, -0.25) is 35.3 Å².